The quantitative estimate of drug-likeness (QED) is 0.343. The van der Waals surface area contributed by atoms with Crippen LogP contribution in [0.4, 0.5) is 33.3 Å². The van der Waals surface area contributed by atoms with Gasteiger partial charge in [-0.15, -0.1) is 11.3 Å². The third-order valence-electron chi connectivity index (χ3n) is 7.84. The number of hydrogen-bond donors (Lipinski definition) is 1. The number of nitrogens with one attached hydrogen (secondary N) is 1. The second kappa shape index (κ2) is 12.0. The van der Waals surface area contributed by atoms with Crippen LogP contribution in [-0.4, -0.2) is 72.4 Å². The lowest BCUT2D eigenvalue weighted by atomic mass is 10.0. The molecule has 1 atom stereocenters. The molecule has 7 nitrogen and oxygen atoms in total. The average molecular weight is 608 g/mol. The Morgan fingerprint density at radius 1 is 1.07 bits per heavy atom. The number of benzene rings is 2. The highest BCUT2D eigenvalue weighted by atomic mass is 32.1. The fourth-order valence-electron chi connectivity index (χ4n) is 5.31. The Labute approximate surface area is 243 Å². The van der Waals surface area contributed by atoms with Crippen molar-refractivity contribution in [3.63, 3.8) is 0 Å². The van der Waals surface area contributed by atoms with E-state index in [9.17, 15) is 22.8 Å². The molecular weight excluding hydrogens is 577 g/mol. The Balaban J connectivity index is 1.60. The van der Waals surface area contributed by atoms with Crippen LogP contribution in [0.3, 0.4) is 0 Å². The molecule has 2 fully saturated rings. The molecule has 42 heavy (non-hydrogen) atoms. The summed E-state index contributed by atoms with van der Waals surface area (Å²) < 4.78 is 73.2. The third kappa shape index (κ3) is 5.71. The number of aromatic nitrogens is 1. The first-order chi connectivity index (χ1) is 20.0. The standard InChI is InChI=1S/C29H30F5N5O2S/c1-15-14-39(11-10-37(15)3)21-13-20(31)22(28-36-24(16(2)42-28)29(41)38-8-4-5-9-38)23(32)25(21)35-27(40)18-7-6-17(30)12-19(18)26(33)34/h6-7,12-13,15,26H,4-5,8-11,14H2,1-3H3,(H,35,40). The maximum atomic E-state index is 16.4. The molecule has 2 saturated heterocycles. The van der Waals surface area contributed by atoms with Crippen LogP contribution in [0.25, 0.3) is 10.6 Å². The van der Waals surface area contributed by atoms with E-state index in [0.717, 1.165) is 42.4 Å². The van der Waals surface area contributed by atoms with Gasteiger partial charge in [0.25, 0.3) is 18.2 Å². The van der Waals surface area contributed by atoms with Gasteiger partial charge >= 0.3 is 0 Å². The van der Waals surface area contributed by atoms with Crippen molar-refractivity contribution in [3.05, 3.63) is 63.4 Å². The summed E-state index contributed by atoms with van der Waals surface area (Å²) in [7, 11) is 1.92. The molecule has 2 amide bonds. The molecule has 1 unspecified atom stereocenters. The third-order valence-corrected chi connectivity index (χ3v) is 8.82. The number of carbonyl (C=O) groups excluding carboxylic acids is 2. The lowest BCUT2D eigenvalue weighted by Crippen LogP contribution is -2.50. The van der Waals surface area contributed by atoms with Crippen LogP contribution in [-0.2, 0) is 0 Å². The fourth-order valence-corrected chi connectivity index (χ4v) is 6.26. The van der Waals surface area contributed by atoms with Gasteiger partial charge in [0.05, 0.1) is 11.3 Å². The van der Waals surface area contributed by atoms with Crippen molar-refractivity contribution in [1.29, 1.82) is 0 Å². The molecule has 0 saturated carbocycles. The van der Waals surface area contributed by atoms with Crippen LogP contribution in [0.5, 0.6) is 0 Å². The molecule has 0 radical (unpaired) electrons. The zero-order valence-electron chi connectivity index (χ0n) is 23.3. The molecule has 3 aromatic rings. The van der Waals surface area contributed by atoms with Crippen LogP contribution in [0.15, 0.2) is 24.3 Å². The molecule has 1 aromatic heterocycles. The van der Waals surface area contributed by atoms with E-state index in [2.05, 4.69) is 15.2 Å². The number of amides is 2. The van der Waals surface area contributed by atoms with E-state index < -0.39 is 52.2 Å². The van der Waals surface area contributed by atoms with E-state index in [1.165, 1.54) is 0 Å². The lowest BCUT2D eigenvalue weighted by molar-refractivity contribution is 0.0787. The molecule has 3 heterocycles. The Bertz CT molecular complexity index is 1520. The van der Waals surface area contributed by atoms with Gasteiger partial charge in [-0.2, -0.15) is 0 Å². The minimum absolute atomic E-state index is 0.0106. The molecule has 0 bridgehead atoms. The normalized spacial score (nSPS) is 17.8. The summed E-state index contributed by atoms with van der Waals surface area (Å²) in [6, 6.07) is 3.40. The van der Waals surface area contributed by atoms with Crippen LogP contribution in [0.1, 0.15) is 57.5 Å². The zero-order valence-corrected chi connectivity index (χ0v) is 24.1. The summed E-state index contributed by atoms with van der Waals surface area (Å²) in [5.74, 6) is -4.48. The SMILES string of the molecule is Cc1sc(-c2c(F)cc(N3CCN(C)C(C)C3)c(NC(=O)c3ccc(F)cc3C(F)F)c2F)nc1C(=O)N1CCCC1. The molecule has 2 aromatic carbocycles. The van der Waals surface area contributed by atoms with Gasteiger partial charge in [-0.3, -0.25) is 9.59 Å². The first-order valence-electron chi connectivity index (χ1n) is 13.6. The number of aryl methyl sites for hydroxylation is 1. The largest absolute Gasteiger partial charge is 0.367 e. The van der Waals surface area contributed by atoms with Crippen molar-refractivity contribution in [2.24, 2.45) is 0 Å². The van der Waals surface area contributed by atoms with Gasteiger partial charge < -0.3 is 20.0 Å². The maximum Gasteiger partial charge on any atom is 0.273 e. The van der Waals surface area contributed by atoms with Crippen molar-refractivity contribution in [3.8, 4) is 10.6 Å². The molecule has 1 N–H and O–H groups in total. The number of thiazole rings is 1. The van der Waals surface area contributed by atoms with Gasteiger partial charge in [0.2, 0.25) is 0 Å². The number of nitrogens with zero attached hydrogens (tertiary/aromatic N) is 4. The van der Waals surface area contributed by atoms with Crippen molar-refractivity contribution >= 4 is 34.5 Å². The molecule has 0 aliphatic carbocycles. The molecule has 2 aliphatic rings. The predicted molar refractivity (Wildman–Crippen MR) is 151 cm³/mol. The van der Waals surface area contributed by atoms with Crippen LogP contribution in [0.2, 0.25) is 0 Å². The number of anilines is 2. The first kappa shape index (κ1) is 29.9. The van der Waals surface area contributed by atoms with E-state index >= 15 is 8.78 Å². The van der Waals surface area contributed by atoms with Crippen molar-refractivity contribution < 1.29 is 31.5 Å². The molecular formula is C29H30F5N5O2S. The molecule has 0 spiro atoms. The number of piperazine rings is 1. The van der Waals surface area contributed by atoms with Gasteiger partial charge in [-0.1, -0.05) is 0 Å². The molecule has 224 valence electrons. The van der Waals surface area contributed by atoms with E-state index in [1.54, 1.807) is 16.7 Å². The van der Waals surface area contributed by atoms with Crippen LogP contribution >= 0.6 is 11.3 Å². The number of likely N-dealkylation sites (tertiary alicyclic amines) is 1. The Morgan fingerprint density at radius 3 is 2.45 bits per heavy atom. The summed E-state index contributed by atoms with van der Waals surface area (Å²) in [6.07, 6.45) is -1.44. The first-order valence-corrected chi connectivity index (χ1v) is 14.4. The molecule has 2 aliphatic heterocycles. The van der Waals surface area contributed by atoms with Crippen LogP contribution < -0.4 is 10.2 Å². The Hall–Kier alpha value is -3.58. The summed E-state index contributed by atoms with van der Waals surface area (Å²) >= 11 is 0.945. The number of halogens is 5. The summed E-state index contributed by atoms with van der Waals surface area (Å²) in [5.41, 5.74) is -2.23. The summed E-state index contributed by atoms with van der Waals surface area (Å²) in [5, 5.41) is 2.28. The van der Waals surface area contributed by atoms with Crippen molar-refractivity contribution in [2.45, 2.75) is 39.2 Å². The number of likely N-dealkylation sites (N-methyl/N-ethyl adjacent to an activating group) is 1. The lowest BCUT2D eigenvalue weighted by Gasteiger charge is -2.39. The van der Waals surface area contributed by atoms with Crippen molar-refractivity contribution in [2.75, 3.05) is 50.0 Å². The number of alkyl halides is 2. The zero-order chi connectivity index (χ0) is 30.3. The number of hydrogen-bond acceptors (Lipinski definition) is 6. The van der Waals surface area contributed by atoms with Gasteiger partial charge in [0.1, 0.15) is 28.0 Å². The van der Waals surface area contributed by atoms with E-state index in [-0.39, 0.29) is 28.3 Å². The topological polar surface area (TPSA) is 68.8 Å². The van der Waals surface area contributed by atoms with E-state index in [1.807, 2.05) is 14.0 Å². The molecule has 5 rings (SSSR count). The number of carbonyl (C=O) groups is 2. The monoisotopic (exact) mass is 607 g/mol. The Kier molecular flexibility index (Phi) is 8.51. The van der Waals surface area contributed by atoms with Gasteiger partial charge in [0.15, 0.2) is 5.82 Å². The number of rotatable bonds is 6. The van der Waals surface area contributed by atoms with E-state index in [0.29, 0.717) is 43.7 Å². The van der Waals surface area contributed by atoms with Gasteiger partial charge in [-0.05, 0) is 51.9 Å². The highest BCUT2D eigenvalue weighted by molar-refractivity contribution is 7.15. The van der Waals surface area contributed by atoms with Gasteiger partial charge in [-0.25, -0.2) is 26.9 Å². The highest BCUT2D eigenvalue weighted by Crippen LogP contribution is 2.41. The predicted octanol–water partition coefficient (Wildman–Crippen LogP) is 6.10. The second-order valence-corrected chi connectivity index (χ2v) is 11.8. The maximum absolute atomic E-state index is 16.4. The summed E-state index contributed by atoms with van der Waals surface area (Å²) in [6.45, 7) is 6.06. The van der Waals surface area contributed by atoms with Gasteiger partial charge in [0, 0.05) is 60.8 Å². The average Bonchev–Trinajstić information content (AvgIpc) is 3.61. The second-order valence-electron chi connectivity index (χ2n) is 10.6. The highest BCUT2D eigenvalue weighted by Gasteiger charge is 2.32. The minimum atomic E-state index is -3.17. The fraction of sp³-hybridized carbons (Fsp3) is 0.414. The van der Waals surface area contributed by atoms with E-state index in [4.69, 9.17) is 0 Å². The Morgan fingerprint density at radius 2 is 1.79 bits per heavy atom. The van der Waals surface area contributed by atoms with Crippen molar-refractivity contribution in [1.82, 2.24) is 14.8 Å². The smallest absolute Gasteiger partial charge is 0.273 e. The summed E-state index contributed by atoms with van der Waals surface area (Å²) in [4.78, 5) is 36.5. The van der Waals surface area contributed by atoms with Crippen LogP contribution in [0, 0.1) is 24.4 Å². The minimum Gasteiger partial charge on any atom is -0.367 e. The molecule has 13 heteroatoms.